The lowest BCUT2D eigenvalue weighted by Crippen LogP contribution is -2.42. The van der Waals surface area contributed by atoms with E-state index in [2.05, 4.69) is 17.6 Å². The number of carbonyl (C=O) groups is 1. The van der Waals surface area contributed by atoms with Crippen molar-refractivity contribution in [3.05, 3.63) is 24.2 Å². The summed E-state index contributed by atoms with van der Waals surface area (Å²) in [6.07, 6.45) is 2.70. The summed E-state index contributed by atoms with van der Waals surface area (Å²) in [7, 11) is 0. The molecular formula is C13H22N2O2S. The minimum absolute atomic E-state index is 0.00884. The van der Waals surface area contributed by atoms with Crippen molar-refractivity contribution in [2.45, 2.75) is 32.9 Å². The molecule has 102 valence electrons. The summed E-state index contributed by atoms with van der Waals surface area (Å²) >= 11 is 1.92. The monoisotopic (exact) mass is 270 g/mol. The Labute approximate surface area is 113 Å². The molecule has 0 saturated heterocycles. The van der Waals surface area contributed by atoms with Crippen molar-refractivity contribution in [2.75, 3.05) is 18.1 Å². The van der Waals surface area contributed by atoms with E-state index in [4.69, 9.17) is 4.42 Å². The first-order valence-corrected chi connectivity index (χ1v) is 7.50. The molecule has 2 N–H and O–H groups in total. The van der Waals surface area contributed by atoms with E-state index in [1.165, 1.54) is 0 Å². The third-order valence-electron chi connectivity index (χ3n) is 2.53. The Bertz CT molecular complexity index is 328. The van der Waals surface area contributed by atoms with E-state index < -0.39 is 0 Å². The van der Waals surface area contributed by atoms with Gasteiger partial charge in [-0.15, -0.1) is 0 Å². The maximum Gasteiger partial charge on any atom is 0.237 e. The number of carbonyl (C=O) groups excluding carboxylic acids is 1. The first-order valence-electron chi connectivity index (χ1n) is 6.35. The maximum atomic E-state index is 11.7. The van der Waals surface area contributed by atoms with Crippen LogP contribution in [-0.2, 0) is 11.3 Å². The van der Waals surface area contributed by atoms with Crippen LogP contribution in [0.4, 0.5) is 0 Å². The first-order chi connectivity index (χ1) is 8.74. The number of furan rings is 1. The van der Waals surface area contributed by atoms with Gasteiger partial charge in [0, 0.05) is 0 Å². The van der Waals surface area contributed by atoms with Crippen LogP contribution in [0.2, 0.25) is 0 Å². The summed E-state index contributed by atoms with van der Waals surface area (Å²) in [6.45, 7) is 5.36. The average Bonchev–Trinajstić information content (AvgIpc) is 2.88. The fraction of sp³-hybridized carbons (Fsp3) is 0.615. The van der Waals surface area contributed by atoms with Crippen LogP contribution < -0.4 is 10.6 Å². The third kappa shape index (κ3) is 6.12. The molecule has 1 unspecified atom stereocenters. The number of hydrogen-bond donors (Lipinski definition) is 2. The molecule has 1 atom stereocenters. The van der Waals surface area contributed by atoms with E-state index in [1.807, 2.05) is 30.8 Å². The normalized spacial score (nSPS) is 12.3. The second-order valence-corrected chi connectivity index (χ2v) is 5.42. The van der Waals surface area contributed by atoms with Crippen molar-refractivity contribution in [2.24, 2.45) is 0 Å². The molecule has 5 heteroatoms. The smallest absolute Gasteiger partial charge is 0.237 e. The quantitative estimate of drug-likeness (QED) is 0.674. The van der Waals surface area contributed by atoms with Crippen LogP contribution in [0, 0.1) is 0 Å². The summed E-state index contributed by atoms with van der Waals surface area (Å²) in [6, 6.07) is 3.50. The molecule has 0 saturated carbocycles. The molecular weight excluding hydrogens is 248 g/mol. The van der Waals surface area contributed by atoms with Crippen LogP contribution in [0.3, 0.4) is 0 Å². The van der Waals surface area contributed by atoms with Crippen LogP contribution in [0.5, 0.6) is 0 Å². The van der Waals surface area contributed by atoms with Crippen molar-refractivity contribution in [1.29, 1.82) is 0 Å². The molecule has 1 aromatic heterocycles. The predicted octanol–water partition coefficient (Wildman–Crippen LogP) is 2.02. The van der Waals surface area contributed by atoms with Gasteiger partial charge in [0.2, 0.25) is 5.91 Å². The molecule has 0 aliphatic heterocycles. The fourth-order valence-electron chi connectivity index (χ4n) is 1.47. The van der Waals surface area contributed by atoms with Crippen molar-refractivity contribution >= 4 is 17.7 Å². The molecule has 0 aliphatic carbocycles. The number of rotatable bonds is 9. The van der Waals surface area contributed by atoms with Gasteiger partial charge in [0.15, 0.2) is 0 Å². The van der Waals surface area contributed by atoms with Gasteiger partial charge < -0.3 is 15.1 Å². The summed E-state index contributed by atoms with van der Waals surface area (Å²) in [5, 5.41) is 6.05. The summed E-state index contributed by atoms with van der Waals surface area (Å²) in [4.78, 5) is 11.7. The van der Waals surface area contributed by atoms with Gasteiger partial charge in [0.1, 0.15) is 5.76 Å². The fourth-order valence-corrected chi connectivity index (χ4v) is 2.11. The molecule has 0 aliphatic rings. The molecule has 0 radical (unpaired) electrons. The minimum Gasteiger partial charge on any atom is -0.467 e. The largest absolute Gasteiger partial charge is 0.467 e. The highest BCUT2D eigenvalue weighted by Crippen LogP contribution is 2.00. The SMILES string of the molecule is CCSCCCNC(C)C(=O)NCc1ccco1. The number of thioether (sulfide) groups is 1. The zero-order chi connectivity index (χ0) is 13.2. The Hall–Kier alpha value is -0.940. The first kappa shape index (κ1) is 15.1. The number of amides is 1. The lowest BCUT2D eigenvalue weighted by atomic mass is 10.3. The van der Waals surface area contributed by atoms with Gasteiger partial charge in [-0.05, 0) is 43.5 Å². The van der Waals surface area contributed by atoms with E-state index in [0.717, 1.165) is 30.2 Å². The molecule has 0 bridgehead atoms. The Balaban J connectivity index is 2.09. The van der Waals surface area contributed by atoms with Gasteiger partial charge in [-0.25, -0.2) is 0 Å². The minimum atomic E-state index is -0.161. The van der Waals surface area contributed by atoms with Gasteiger partial charge in [-0.3, -0.25) is 4.79 Å². The maximum absolute atomic E-state index is 11.7. The van der Waals surface area contributed by atoms with Crippen molar-refractivity contribution in [3.63, 3.8) is 0 Å². The van der Waals surface area contributed by atoms with Crippen molar-refractivity contribution in [3.8, 4) is 0 Å². The van der Waals surface area contributed by atoms with Gasteiger partial charge in [-0.1, -0.05) is 6.92 Å². The van der Waals surface area contributed by atoms with E-state index >= 15 is 0 Å². The topological polar surface area (TPSA) is 54.3 Å². The molecule has 0 spiro atoms. The zero-order valence-electron chi connectivity index (χ0n) is 11.1. The van der Waals surface area contributed by atoms with Gasteiger partial charge in [0.25, 0.3) is 0 Å². The highest BCUT2D eigenvalue weighted by molar-refractivity contribution is 7.99. The Morgan fingerprint density at radius 3 is 3.06 bits per heavy atom. The standard InChI is InChI=1S/C13H22N2O2S/c1-3-18-9-5-7-14-11(2)13(16)15-10-12-6-4-8-17-12/h4,6,8,11,14H,3,5,7,9-10H2,1-2H3,(H,15,16). The molecule has 4 nitrogen and oxygen atoms in total. The lowest BCUT2D eigenvalue weighted by Gasteiger charge is -2.13. The molecule has 18 heavy (non-hydrogen) atoms. The second-order valence-electron chi connectivity index (χ2n) is 4.02. The third-order valence-corrected chi connectivity index (χ3v) is 3.52. The average molecular weight is 270 g/mol. The van der Waals surface area contributed by atoms with E-state index in [9.17, 15) is 4.79 Å². The molecule has 1 aromatic rings. The van der Waals surface area contributed by atoms with Gasteiger partial charge >= 0.3 is 0 Å². The van der Waals surface area contributed by atoms with E-state index in [1.54, 1.807) is 6.26 Å². The molecule has 1 heterocycles. The highest BCUT2D eigenvalue weighted by atomic mass is 32.2. The highest BCUT2D eigenvalue weighted by Gasteiger charge is 2.11. The molecule has 1 amide bonds. The number of hydrogen-bond acceptors (Lipinski definition) is 4. The number of nitrogens with one attached hydrogen (secondary N) is 2. The van der Waals surface area contributed by atoms with Crippen LogP contribution >= 0.6 is 11.8 Å². The predicted molar refractivity (Wildman–Crippen MR) is 75.6 cm³/mol. The summed E-state index contributed by atoms with van der Waals surface area (Å²) in [5.41, 5.74) is 0. The second kappa shape index (κ2) is 9.05. The Morgan fingerprint density at radius 1 is 1.56 bits per heavy atom. The molecule has 1 rings (SSSR count). The van der Waals surface area contributed by atoms with Crippen LogP contribution in [0.25, 0.3) is 0 Å². The Kier molecular flexibility index (Phi) is 7.60. The van der Waals surface area contributed by atoms with Crippen LogP contribution in [0.15, 0.2) is 22.8 Å². The van der Waals surface area contributed by atoms with E-state index in [0.29, 0.717) is 6.54 Å². The Morgan fingerprint density at radius 2 is 2.39 bits per heavy atom. The lowest BCUT2D eigenvalue weighted by molar-refractivity contribution is -0.123. The van der Waals surface area contributed by atoms with Crippen LogP contribution in [0.1, 0.15) is 26.0 Å². The van der Waals surface area contributed by atoms with Crippen LogP contribution in [-0.4, -0.2) is 30.0 Å². The van der Waals surface area contributed by atoms with Gasteiger partial charge in [-0.2, -0.15) is 11.8 Å². The van der Waals surface area contributed by atoms with Gasteiger partial charge in [0.05, 0.1) is 18.8 Å². The van der Waals surface area contributed by atoms with E-state index in [-0.39, 0.29) is 11.9 Å². The van der Waals surface area contributed by atoms with Crippen molar-refractivity contribution in [1.82, 2.24) is 10.6 Å². The van der Waals surface area contributed by atoms with Crippen molar-refractivity contribution < 1.29 is 9.21 Å². The molecule has 0 fully saturated rings. The zero-order valence-corrected chi connectivity index (χ0v) is 11.9. The summed E-state index contributed by atoms with van der Waals surface area (Å²) in [5.74, 6) is 3.08. The molecule has 0 aromatic carbocycles. The summed E-state index contributed by atoms with van der Waals surface area (Å²) < 4.78 is 5.15.